The number of aromatic amines is 1. The zero-order chi connectivity index (χ0) is 29.2. The van der Waals surface area contributed by atoms with Crippen LogP contribution in [0.3, 0.4) is 0 Å². The minimum absolute atomic E-state index is 0.0862. The second kappa shape index (κ2) is 13.9. The Bertz CT molecular complexity index is 1360. The van der Waals surface area contributed by atoms with Gasteiger partial charge in [0.2, 0.25) is 23.6 Å². The van der Waals surface area contributed by atoms with Crippen LogP contribution >= 0.6 is 0 Å². The molecule has 0 aliphatic heterocycles. The summed E-state index contributed by atoms with van der Waals surface area (Å²) < 4.78 is 0. The number of benzene rings is 2. The summed E-state index contributed by atoms with van der Waals surface area (Å²) in [5, 5.41) is 19.7. The molecule has 3 aromatic rings. The summed E-state index contributed by atoms with van der Waals surface area (Å²) in [6.45, 7) is 2.28. The van der Waals surface area contributed by atoms with E-state index in [9.17, 15) is 24.0 Å². The van der Waals surface area contributed by atoms with Crippen LogP contribution in [-0.2, 0) is 36.8 Å². The van der Waals surface area contributed by atoms with Crippen molar-refractivity contribution in [1.29, 1.82) is 0 Å². The normalized spacial score (nSPS) is 13.9. The number of fused-ring (bicyclic) bond motifs is 1. The number of amides is 4. The molecule has 212 valence electrons. The Morgan fingerprint density at radius 1 is 0.825 bits per heavy atom. The number of rotatable bonds is 13. The molecule has 12 heteroatoms. The number of para-hydroxylation sites is 1. The number of hydrogen-bond acceptors (Lipinski definition) is 6. The molecule has 1 heterocycles. The summed E-state index contributed by atoms with van der Waals surface area (Å²) in [6.07, 6.45) is 2.10. The van der Waals surface area contributed by atoms with Gasteiger partial charge in [-0.1, -0.05) is 48.5 Å². The predicted molar refractivity (Wildman–Crippen MR) is 148 cm³/mol. The van der Waals surface area contributed by atoms with Crippen LogP contribution in [0.1, 0.15) is 25.0 Å². The number of H-pyrrole nitrogens is 1. The fraction of sp³-hybridized carbons (Fsp3) is 0.321. The molecule has 0 saturated heterocycles. The molecule has 8 N–H and O–H groups in total. The lowest BCUT2D eigenvalue weighted by Crippen LogP contribution is -2.56. The second-order valence-corrected chi connectivity index (χ2v) is 9.50. The first-order chi connectivity index (χ1) is 19.0. The number of nitrogens with two attached hydrogens (primary N) is 1. The summed E-state index contributed by atoms with van der Waals surface area (Å²) in [5.41, 5.74) is 8.50. The number of carbonyl (C=O) groups is 5. The number of aromatic nitrogens is 1. The van der Waals surface area contributed by atoms with Crippen molar-refractivity contribution in [3.8, 4) is 0 Å². The van der Waals surface area contributed by atoms with Gasteiger partial charge in [-0.05, 0) is 37.5 Å². The van der Waals surface area contributed by atoms with E-state index < -0.39 is 60.3 Å². The fourth-order valence-electron chi connectivity index (χ4n) is 4.02. The van der Waals surface area contributed by atoms with Crippen LogP contribution < -0.4 is 27.0 Å². The van der Waals surface area contributed by atoms with E-state index in [1.807, 2.05) is 54.6 Å². The van der Waals surface area contributed by atoms with Crippen LogP contribution in [-0.4, -0.2) is 70.4 Å². The van der Waals surface area contributed by atoms with Gasteiger partial charge in [-0.3, -0.25) is 24.0 Å². The van der Waals surface area contributed by atoms with Gasteiger partial charge in [-0.2, -0.15) is 0 Å². The zero-order valence-corrected chi connectivity index (χ0v) is 22.3. The van der Waals surface area contributed by atoms with E-state index in [4.69, 9.17) is 10.8 Å². The molecule has 0 fully saturated rings. The van der Waals surface area contributed by atoms with Gasteiger partial charge in [0.25, 0.3) is 0 Å². The Hall–Kier alpha value is -4.71. The molecule has 0 saturated carbocycles. The number of carboxylic acid groups (broad SMARTS) is 1. The topological polar surface area (TPSA) is 196 Å². The van der Waals surface area contributed by atoms with Gasteiger partial charge >= 0.3 is 5.97 Å². The maximum Gasteiger partial charge on any atom is 0.325 e. The summed E-state index contributed by atoms with van der Waals surface area (Å²) in [7, 11) is 0. The molecule has 1 aromatic heterocycles. The molecule has 12 nitrogen and oxygen atoms in total. The Balaban J connectivity index is 1.66. The van der Waals surface area contributed by atoms with Gasteiger partial charge < -0.3 is 37.1 Å². The van der Waals surface area contributed by atoms with Crippen LogP contribution in [0, 0.1) is 0 Å². The minimum atomic E-state index is -1.22. The van der Waals surface area contributed by atoms with E-state index in [1.165, 1.54) is 13.8 Å². The van der Waals surface area contributed by atoms with Crippen molar-refractivity contribution in [3.05, 3.63) is 71.9 Å². The van der Waals surface area contributed by atoms with E-state index in [0.29, 0.717) is 0 Å². The van der Waals surface area contributed by atoms with Crippen LogP contribution in [0.15, 0.2) is 60.8 Å². The molecule has 4 atom stereocenters. The third-order valence-corrected chi connectivity index (χ3v) is 6.29. The van der Waals surface area contributed by atoms with Crippen molar-refractivity contribution in [2.75, 3.05) is 6.54 Å². The van der Waals surface area contributed by atoms with E-state index in [1.54, 1.807) is 6.20 Å². The van der Waals surface area contributed by atoms with Crippen molar-refractivity contribution < 1.29 is 29.1 Å². The Labute approximate surface area is 231 Å². The van der Waals surface area contributed by atoms with Gasteiger partial charge in [0.1, 0.15) is 18.1 Å². The minimum Gasteiger partial charge on any atom is -0.480 e. The van der Waals surface area contributed by atoms with Crippen LogP contribution in [0.2, 0.25) is 0 Å². The van der Waals surface area contributed by atoms with Crippen molar-refractivity contribution in [2.24, 2.45) is 5.73 Å². The summed E-state index contributed by atoms with van der Waals surface area (Å²) in [6, 6.07) is 12.5. The van der Waals surface area contributed by atoms with Crippen molar-refractivity contribution in [1.82, 2.24) is 26.3 Å². The van der Waals surface area contributed by atoms with Crippen molar-refractivity contribution in [2.45, 2.75) is 50.9 Å². The first-order valence-corrected chi connectivity index (χ1v) is 12.8. The van der Waals surface area contributed by atoms with Crippen molar-refractivity contribution in [3.63, 3.8) is 0 Å². The fourth-order valence-corrected chi connectivity index (χ4v) is 4.02. The third kappa shape index (κ3) is 8.40. The molecule has 3 rings (SSSR count). The van der Waals surface area contributed by atoms with Crippen molar-refractivity contribution >= 4 is 40.5 Å². The average molecular weight is 551 g/mol. The van der Waals surface area contributed by atoms with Crippen LogP contribution in [0.25, 0.3) is 10.9 Å². The monoisotopic (exact) mass is 550 g/mol. The number of aliphatic carboxylic acids is 1. The second-order valence-electron chi connectivity index (χ2n) is 9.50. The molecular weight excluding hydrogens is 516 g/mol. The maximum absolute atomic E-state index is 13.1. The SMILES string of the molecule is C[C@H](NC(=O)CNC(=O)[C@H](Cc1c[nH]c2ccccc12)NC(=O)[C@H](C)NC(=O)[C@@H](N)Cc1ccccc1)C(=O)O. The Kier molecular flexibility index (Phi) is 10.4. The number of nitrogens with one attached hydrogen (secondary N) is 5. The molecule has 40 heavy (non-hydrogen) atoms. The maximum atomic E-state index is 13.1. The first kappa shape index (κ1) is 29.8. The molecule has 2 aromatic carbocycles. The average Bonchev–Trinajstić information content (AvgIpc) is 3.34. The van der Waals surface area contributed by atoms with Crippen LogP contribution in [0.4, 0.5) is 0 Å². The quantitative estimate of drug-likeness (QED) is 0.155. The molecule has 0 spiro atoms. The number of carboxylic acids is 1. The smallest absolute Gasteiger partial charge is 0.325 e. The van der Waals surface area contributed by atoms with Gasteiger partial charge in [0.15, 0.2) is 0 Å². The van der Waals surface area contributed by atoms with E-state index in [0.717, 1.165) is 22.0 Å². The Morgan fingerprint density at radius 3 is 2.20 bits per heavy atom. The van der Waals surface area contributed by atoms with E-state index in [-0.39, 0.29) is 12.8 Å². The Morgan fingerprint density at radius 2 is 1.50 bits per heavy atom. The first-order valence-electron chi connectivity index (χ1n) is 12.8. The lowest BCUT2D eigenvalue weighted by atomic mass is 10.0. The highest BCUT2D eigenvalue weighted by atomic mass is 16.4. The van der Waals surface area contributed by atoms with Gasteiger partial charge in [0, 0.05) is 23.5 Å². The number of carbonyl (C=O) groups excluding carboxylic acids is 4. The van der Waals surface area contributed by atoms with E-state index in [2.05, 4.69) is 26.3 Å². The van der Waals surface area contributed by atoms with Gasteiger partial charge in [-0.15, -0.1) is 0 Å². The summed E-state index contributed by atoms with van der Waals surface area (Å²) >= 11 is 0. The molecular formula is C28H34N6O6. The summed E-state index contributed by atoms with van der Waals surface area (Å²) in [4.78, 5) is 64.9. The molecule has 0 radical (unpaired) electrons. The molecule has 0 bridgehead atoms. The number of hydrogen-bond donors (Lipinski definition) is 7. The molecule has 4 amide bonds. The largest absolute Gasteiger partial charge is 0.480 e. The highest BCUT2D eigenvalue weighted by molar-refractivity contribution is 5.95. The molecule has 0 unspecified atom stereocenters. The predicted octanol–water partition coefficient (Wildman–Crippen LogP) is -0.0246. The third-order valence-electron chi connectivity index (χ3n) is 6.29. The molecule has 0 aliphatic rings. The van der Waals surface area contributed by atoms with Gasteiger partial charge in [-0.25, -0.2) is 0 Å². The highest BCUT2D eigenvalue weighted by Gasteiger charge is 2.27. The lowest BCUT2D eigenvalue weighted by Gasteiger charge is -2.22. The lowest BCUT2D eigenvalue weighted by molar-refractivity contribution is -0.141. The highest BCUT2D eigenvalue weighted by Crippen LogP contribution is 2.19. The standard InChI is InChI=1S/C28H34N6O6/c1-16(33-26(37)21(29)12-18-8-4-3-5-9-18)25(36)34-23(13-19-14-30-22-11-7-6-10-20(19)22)27(38)31-15-24(35)32-17(2)28(39)40/h3-11,14,16-17,21,23,30H,12-13,15,29H2,1-2H3,(H,31,38)(H,32,35)(H,33,37)(H,34,36)(H,39,40)/t16-,17-,21-,23-/m0/s1. The van der Waals surface area contributed by atoms with Gasteiger partial charge in [0.05, 0.1) is 12.6 Å². The molecule has 0 aliphatic carbocycles. The van der Waals surface area contributed by atoms with E-state index >= 15 is 0 Å². The summed E-state index contributed by atoms with van der Waals surface area (Å²) in [5.74, 6) is -3.72. The zero-order valence-electron chi connectivity index (χ0n) is 22.3. The van der Waals surface area contributed by atoms with Crippen LogP contribution in [0.5, 0.6) is 0 Å².